The zero-order chi connectivity index (χ0) is 11.2. The Morgan fingerprint density at radius 1 is 1.31 bits per heavy atom. The molecule has 0 spiro atoms. The Morgan fingerprint density at radius 3 is 3.06 bits per heavy atom. The molecule has 0 aliphatic carbocycles. The molecule has 16 heavy (non-hydrogen) atoms. The molecule has 0 aliphatic heterocycles. The quantitative estimate of drug-likeness (QED) is 0.623. The normalized spacial score (nSPS) is 9.94. The van der Waals surface area contributed by atoms with E-state index in [1.165, 1.54) is 0 Å². The Bertz CT molecular complexity index is 509. The summed E-state index contributed by atoms with van der Waals surface area (Å²) in [7, 11) is 0. The minimum Gasteiger partial charge on any atom is -0.383 e. The first-order chi connectivity index (χ1) is 7.92. The van der Waals surface area contributed by atoms with Crippen LogP contribution in [0.15, 0.2) is 30.5 Å². The van der Waals surface area contributed by atoms with Crippen molar-refractivity contribution in [3.05, 3.63) is 30.5 Å². The highest BCUT2D eigenvalue weighted by Crippen LogP contribution is 2.19. The van der Waals surface area contributed by atoms with Crippen LogP contribution in [-0.4, -0.2) is 16.7 Å². The zero-order valence-corrected chi connectivity index (χ0v) is 8.98. The lowest BCUT2D eigenvalue weighted by Gasteiger charge is -2.07. The number of anilines is 1. The number of terminal acetylenes is 1. The summed E-state index contributed by atoms with van der Waals surface area (Å²) < 4.78 is 0. The molecule has 1 N–H and O–H groups in total. The third-order valence-electron chi connectivity index (χ3n) is 2.36. The molecule has 0 saturated heterocycles. The number of rotatable bonds is 4. The van der Waals surface area contributed by atoms with Gasteiger partial charge in [-0.3, -0.25) is 0 Å². The summed E-state index contributed by atoms with van der Waals surface area (Å²) in [5.41, 5.74) is 1.92. The molecule has 0 saturated carbocycles. The van der Waals surface area contributed by atoms with Gasteiger partial charge in [-0.1, -0.05) is 18.2 Å². The smallest absolute Gasteiger partial charge is 0.0950 e. The van der Waals surface area contributed by atoms with Crippen molar-refractivity contribution in [3.8, 4) is 12.3 Å². The van der Waals surface area contributed by atoms with E-state index in [0.29, 0.717) is 0 Å². The van der Waals surface area contributed by atoms with E-state index in [1.54, 1.807) is 6.20 Å². The number of unbranched alkanes of at least 4 members (excludes halogenated alkanes) is 1. The van der Waals surface area contributed by atoms with Crippen molar-refractivity contribution in [1.82, 2.24) is 10.2 Å². The predicted octanol–water partition coefficient (Wildman–Crippen LogP) is 2.46. The summed E-state index contributed by atoms with van der Waals surface area (Å²) >= 11 is 0. The lowest BCUT2D eigenvalue weighted by molar-refractivity contribution is 0.906. The molecule has 0 radical (unpaired) electrons. The average molecular weight is 211 g/mol. The van der Waals surface area contributed by atoms with Crippen molar-refractivity contribution in [1.29, 1.82) is 0 Å². The second kappa shape index (κ2) is 5.13. The molecule has 3 heteroatoms. The van der Waals surface area contributed by atoms with Crippen LogP contribution in [0.25, 0.3) is 10.9 Å². The molecule has 1 aromatic carbocycles. The topological polar surface area (TPSA) is 37.8 Å². The fourth-order valence-electron chi connectivity index (χ4n) is 1.56. The van der Waals surface area contributed by atoms with Gasteiger partial charge in [-0.05, 0) is 12.5 Å². The number of nitrogens with one attached hydrogen (secondary N) is 1. The van der Waals surface area contributed by atoms with E-state index in [1.807, 2.05) is 24.3 Å². The van der Waals surface area contributed by atoms with Gasteiger partial charge in [0.25, 0.3) is 0 Å². The van der Waals surface area contributed by atoms with E-state index >= 15 is 0 Å². The first-order valence-electron chi connectivity index (χ1n) is 5.29. The van der Waals surface area contributed by atoms with E-state index < -0.39 is 0 Å². The van der Waals surface area contributed by atoms with Crippen molar-refractivity contribution >= 4 is 16.6 Å². The van der Waals surface area contributed by atoms with E-state index in [9.17, 15) is 0 Å². The molecule has 0 aliphatic rings. The summed E-state index contributed by atoms with van der Waals surface area (Å²) in [5.74, 6) is 2.62. The molecule has 80 valence electrons. The molecule has 2 aromatic rings. The van der Waals surface area contributed by atoms with Crippen molar-refractivity contribution < 1.29 is 0 Å². The fraction of sp³-hybridized carbons (Fsp3) is 0.231. The van der Waals surface area contributed by atoms with E-state index in [2.05, 4.69) is 21.4 Å². The highest BCUT2D eigenvalue weighted by Gasteiger charge is 2.00. The second-order valence-electron chi connectivity index (χ2n) is 3.51. The van der Waals surface area contributed by atoms with Crippen molar-refractivity contribution in [3.63, 3.8) is 0 Å². The van der Waals surface area contributed by atoms with Crippen LogP contribution < -0.4 is 5.32 Å². The Labute approximate surface area is 94.9 Å². The van der Waals surface area contributed by atoms with E-state index in [4.69, 9.17) is 6.42 Å². The van der Waals surface area contributed by atoms with Crippen LogP contribution in [0.2, 0.25) is 0 Å². The van der Waals surface area contributed by atoms with Gasteiger partial charge in [-0.15, -0.1) is 12.3 Å². The van der Waals surface area contributed by atoms with Gasteiger partial charge in [0.05, 0.1) is 17.4 Å². The van der Waals surface area contributed by atoms with E-state index in [0.717, 1.165) is 36.0 Å². The van der Waals surface area contributed by atoms with Gasteiger partial charge < -0.3 is 5.32 Å². The number of hydrogen-bond donors (Lipinski definition) is 1. The van der Waals surface area contributed by atoms with Crippen LogP contribution in [0, 0.1) is 12.3 Å². The molecule has 0 fully saturated rings. The van der Waals surface area contributed by atoms with Gasteiger partial charge >= 0.3 is 0 Å². The minimum absolute atomic E-state index is 0.795. The number of aromatic nitrogens is 2. The molecule has 0 bridgehead atoms. The summed E-state index contributed by atoms with van der Waals surface area (Å²) in [5, 5.41) is 12.4. The Kier molecular flexibility index (Phi) is 3.35. The fourth-order valence-corrected chi connectivity index (χ4v) is 1.56. The van der Waals surface area contributed by atoms with Gasteiger partial charge in [-0.25, -0.2) is 0 Å². The Hall–Kier alpha value is -2.08. The van der Waals surface area contributed by atoms with Crippen LogP contribution in [0.5, 0.6) is 0 Å². The third-order valence-corrected chi connectivity index (χ3v) is 2.36. The second-order valence-corrected chi connectivity index (χ2v) is 3.51. The van der Waals surface area contributed by atoms with Crippen LogP contribution >= 0.6 is 0 Å². The summed E-state index contributed by atoms with van der Waals surface area (Å²) in [6.07, 6.45) is 8.71. The molecular formula is C13H13N3. The maximum Gasteiger partial charge on any atom is 0.0950 e. The van der Waals surface area contributed by atoms with Gasteiger partial charge in [-0.2, -0.15) is 10.2 Å². The van der Waals surface area contributed by atoms with E-state index in [-0.39, 0.29) is 0 Å². The summed E-state index contributed by atoms with van der Waals surface area (Å²) in [6, 6.07) is 7.94. The van der Waals surface area contributed by atoms with Crippen molar-refractivity contribution in [2.24, 2.45) is 0 Å². The highest BCUT2D eigenvalue weighted by atomic mass is 15.1. The van der Waals surface area contributed by atoms with Gasteiger partial charge in [0.1, 0.15) is 0 Å². The largest absolute Gasteiger partial charge is 0.383 e. The zero-order valence-electron chi connectivity index (χ0n) is 8.98. The summed E-state index contributed by atoms with van der Waals surface area (Å²) in [4.78, 5) is 0. The molecule has 1 aromatic heterocycles. The van der Waals surface area contributed by atoms with Crippen LogP contribution in [0.4, 0.5) is 5.69 Å². The number of nitrogens with zero attached hydrogens (tertiary/aromatic N) is 2. The first-order valence-corrected chi connectivity index (χ1v) is 5.29. The lowest BCUT2D eigenvalue weighted by Crippen LogP contribution is -2.02. The van der Waals surface area contributed by atoms with Gasteiger partial charge in [0, 0.05) is 18.4 Å². The molecule has 0 atom stereocenters. The highest BCUT2D eigenvalue weighted by molar-refractivity contribution is 5.90. The lowest BCUT2D eigenvalue weighted by atomic mass is 10.2. The number of fused-ring (bicyclic) bond motifs is 1. The Balaban J connectivity index is 2.15. The molecule has 0 unspecified atom stereocenters. The molecule has 0 amide bonds. The van der Waals surface area contributed by atoms with Crippen LogP contribution in [-0.2, 0) is 0 Å². The third kappa shape index (κ3) is 2.29. The maximum atomic E-state index is 5.20. The van der Waals surface area contributed by atoms with Gasteiger partial charge in [0.15, 0.2) is 0 Å². The minimum atomic E-state index is 0.795. The monoisotopic (exact) mass is 211 g/mol. The maximum absolute atomic E-state index is 5.20. The van der Waals surface area contributed by atoms with Crippen LogP contribution in [0.1, 0.15) is 12.8 Å². The summed E-state index contributed by atoms with van der Waals surface area (Å²) in [6.45, 7) is 0.861. The standard InChI is InChI=1S/C13H13N3/c1-2-3-6-9-14-13-10-15-16-12-8-5-4-7-11(12)13/h1,4-5,7-8,10H,3,6,9H2,(H,14,16). The average Bonchev–Trinajstić information content (AvgIpc) is 2.35. The number of benzene rings is 1. The first kappa shape index (κ1) is 10.4. The molecule has 1 heterocycles. The SMILES string of the molecule is C#CCCCNc1cnnc2ccccc12. The molecule has 3 nitrogen and oxygen atoms in total. The van der Waals surface area contributed by atoms with Crippen LogP contribution in [0.3, 0.4) is 0 Å². The Morgan fingerprint density at radius 2 is 2.19 bits per heavy atom. The van der Waals surface area contributed by atoms with Crippen molar-refractivity contribution in [2.45, 2.75) is 12.8 Å². The van der Waals surface area contributed by atoms with Crippen molar-refractivity contribution in [2.75, 3.05) is 11.9 Å². The predicted molar refractivity (Wildman–Crippen MR) is 66.1 cm³/mol. The molecule has 2 rings (SSSR count). The van der Waals surface area contributed by atoms with Gasteiger partial charge in [0.2, 0.25) is 0 Å². The molecular weight excluding hydrogens is 198 g/mol. The number of hydrogen-bond acceptors (Lipinski definition) is 3.